The monoisotopic (exact) mass is 314 g/mol. The predicted molar refractivity (Wildman–Crippen MR) is 73.7 cm³/mol. The summed E-state index contributed by atoms with van der Waals surface area (Å²) < 4.78 is 1.02. The van der Waals surface area contributed by atoms with E-state index in [2.05, 4.69) is 4.98 Å². The summed E-state index contributed by atoms with van der Waals surface area (Å²) in [4.78, 5) is 38.1. The van der Waals surface area contributed by atoms with E-state index in [0.717, 1.165) is 10.9 Å². The quantitative estimate of drug-likeness (QED) is 0.858. The molecule has 0 spiro atoms. The summed E-state index contributed by atoms with van der Waals surface area (Å²) in [5.74, 6) is -0.728. The highest BCUT2D eigenvalue weighted by Crippen LogP contribution is 2.23. The topological polar surface area (TPSA) is 107 Å². The number of nitrogens with zero attached hydrogens (tertiary/aromatic N) is 2. The van der Waals surface area contributed by atoms with Gasteiger partial charge in [0, 0.05) is 5.02 Å². The number of amides is 3. The van der Waals surface area contributed by atoms with Crippen LogP contribution < -0.4 is 16.6 Å². The molecular formula is C11H8Cl2N4O3. The fourth-order valence-corrected chi connectivity index (χ4v) is 2.18. The van der Waals surface area contributed by atoms with Crippen molar-refractivity contribution in [3.63, 3.8) is 0 Å². The minimum Gasteiger partial charge on any atom is -0.351 e. The molecule has 0 saturated heterocycles. The highest BCUT2D eigenvalue weighted by molar-refractivity contribution is 6.38. The lowest BCUT2D eigenvalue weighted by Gasteiger charge is -2.07. The smallest absolute Gasteiger partial charge is 0.318 e. The number of hydrogen-bond acceptors (Lipinski definition) is 4. The number of benzene rings is 1. The van der Waals surface area contributed by atoms with E-state index < -0.39 is 24.0 Å². The SMILES string of the molecule is NC(=O)NC(=O)Cn1cnc2c(Cl)cc(Cl)cc2c1=O. The van der Waals surface area contributed by atoms with Gasteiger partial charge in [-0.05, 0) is 12.1 Å². The molecule has 0 aliphatic carbocycles. The zero-order valence-corrected chi connectivity index (χ0v) is 11.4. The maximum Gasteiger partial charge on any atom is 0.318 e. The van der Waals surface area contributed by atoms with Crippen LogP contribution in [0.2, 0.25) is 10.0 Å². The second kappa shape index (κ2) is 5.48. The van der Waals surface area contributed by atoms with E-state index in [1.54, 1.807) is 0 Å². The Bertz CT molecular complexity index is 772. The highest BCUT2D eigenvalue weighted by Gasteiger charge is 2.11. The molecule has 1 aromatic carbocycles. The van der Waals surface area contributed by atoms with Crippen molar-refractivity contribution in [3.8, 4) is 0 Å². The largest absolute Gasteiger partial charge is 0.351 e. The molecule has 0 unspecified atom stereocenters. The molecule has 3 amide bonds. The van der Waals surface area contributed by atoms with E-state index >= 15 is 0 Å². The number of hydrogen-bond donors (Lipinski definition) is 2. The van der Waals surface area contributed by atoms with Gasteiger partial charge in [-0.1, -0.05) is 23.2 Å². The molecule has 0 fully saturated rings. The van der Waals surface area contributed by atoms with E-state index in [1.165, 1.54) is 12.1 Å². The van der Waals surface area contributed by atoms with Crippen LogP contribution in [-0.2, 0) is 11.3 Å². The number of imide groups is 1. The summed E-state index contributed by atoms with van der Waals surface area (Å²) in [6, 6.07) is 1.87. The van der Waals surface area contributed by atoms with Crippen molar-refractivity contribution < 1.29 is 9.59 Å². The first-order valence-corrected chi connectivity index (χ1v) is 6.07. The molecule has 0 aliphatic heterocycles. The number of nitrogens with one attached hydrogen (secondary N) is 1. The van der Waals surface area contributed by atoms with Crippen LogP contribution in [0.25, 0.3) is 10.9 Å². The number of nitrogens with two attached hydrogens (primary N) is 1. The van der Waals surface area contributed by atoms with Gasteiger partial charge in [0.05, 0.1) is 22.3 Å². The number of urea groups is 1. The summed E-state index contributed by atoms with van der Waals surface area (Å²) in [6.07, 6.45) is 1.16. The van der Waals surface area contributed by atoms with Crippen LogP contribution in [0, 0.1) is 0 Å². The number of halogens is 2. The molecule has 0 radical (unpaired) electrons. The Kier molecular flexibility index (Phi) is 3.91. The van der Waals surface area contributed by atoms with Crippen molar-refractivity contribution in [1.82, 2.24) is 14.9 Å². The Balaban J connectivity index is 2.47. The van der Waals surface area contributed by atoms with Crippen LogP contribution in [-0.4, -0.2) is 21.5 Å². The highest BCUT2D eigenvalue weighted by atomic mass is 35.5. The number of aromatic nitrogens is 2. The molecule has 104 valence electrons. The maximum absolute atomic E-state index is 12.2. The first-order chi connectivity index (χ1) is 9.38. The Labute approximate surface area is 122 Å². The summed E-state index contributed by atoms with van der Waals surface area (Å²) in [7, 11) is 0. The first kappa shape index (κ1) is 14.3. The van der Waals surface area contributed by atoms with Crippen LogP contribution in [0.1, 0.15) is 0 Å². The standard InChI is InChI=1S/C11H8Cl2N4O3/c12-5-1-6-9(7(13)2-5)15-4-17(10(6)19)3-8(18)16-11(14)20/h1-2,4H,3H2,(H3,14,16,18,20). The van der Waals surface area contributed by atoms with Crippen LogP contribution in [0.3, 0.4) is 0 Å². The molecule has 0 saturated carbocycles. The second-order valence-corrected chi connectivity index (χ2v) is 4.72. The lowest BCUT2D eigenvalue weighted by Crippen LogP contribution is -2.39. The molecule has 7 nitrogen and oxygen atoms in total. The average Bonchev–Trinajstić information content (AvgIpc) is 2.32. The van der Waals surface area contributed by atoms with Gasteiger partial charge >= 0.3 is 6.03 Å². The number of fused-ring (bicyclic) bond motifs is 1. The van der Waals surface area contributed by atoms with E-state index in [9.17, 15) is 14.4 Å². The van der Waals surface area contributed by atoms with Gasteiger partial charge in [-0.25, -0.2) is 9.78 Å². The van der Waals surface area contributed by atoms with Crippen LogP contribution >= 0.6 is 23.2 Å². The summed E-state index contributed by atoms with van der Waals surface area (Å²) in [6.45, 7) is -0.394. The molecule has 0 atom stereocenters. The van der Waals surface area contributed by atoms with Crippen molar-refractivity contribution in [2.45, 2.75) is 6.54 Å². The molecule has 3 N–H and O–H groups in total. The molecule has 20 heavy (non-hydrogen) atoms. The molecule has 2 rings (SSSR count). The van der Waals surface area contributed by atoms with Crippen LogP contribution in [0.5, 0.6) is 0 Å². The van der Waals surface area contributed by atoms with E-state index in [0.29, 0.717) is 0 Å². The van der Waals surface area contributed by atoms with E-state index in [4.69, 9.17) is 28.9 Å². The van der Waals surface area contributed by atoms with Gasteiger partial charge in [0.1, 0.15) is 6.54 Å². The Hall–Kier alpha value is -2.12. The first-order valence-electron chi connectivity index (χ1n) is 5.32. The number of carbonyl (C=O) groups is 2. The van der Waals surface area contributed by atoms with Crippen molar-refractivity contribution in [3.05, 3.63) is 38.9 Å². The molecule has 0 aliphatic rings. The van der Waals surface area contributed by atoms with Gasteiger partial charge < -0.3 is 5.73 Å². The van der Waals surface area contributed by atoms with Gasteiger partial charge in [-0.3, -0.25) is 19.5 Å². The minimum atomic E-state index is -0.997. The average molecular weight is 315 g/mol. The molecule has 9 heteroatoms. The maximum atomic E-state index is 12.2. The summed E-state index contributed by atoms with van der Waals surface area (Å²) in [5.41, 5.74) is 4.59. The molecule has 0 bridgehead atoms. The molecule has 1 heterocycles. The number of carbonyl (C=O) groups excluding carboxylic acids is 2. The Morgan fingerprint density at radius 2 is 2.05 bits per heavy atom. The zero-order valence-electron chi connectivity index (χ0n) is 9.89. The fourth-order valence-electron chi connectivity index (χ4n) is 1.64. The van der Waals surface area contributed by atoms with Crippen molar-refractivity contribution >= 4 is 46.0 Å². The second-order valence-electron chi connectivity index (χ2n) is 3.87. The fraction of sp³-hybridized carbons (Fsp3) is 0.0909. The van der Waals surface area contributed by atoms with Gasteiger partial charge in [0.25, 0.3) is 5.56 Å². The summed E-state index contributed by atoms with van der Waals surface area (Å²) >= 11 is 11.7. The van der Waals surface area contributed by atoms with Gasteiger partial charge in [0.15, 0.2) is 0 Å². The van der Waals surface area contributed by atoms with Crippen molar-refractivity contribution in [2.75, 3.05) is 0 Å². The number of primary amides is 1. The lowest BCUT2D eigenvalue weighted by molar-refractivity contribution is -0.120. The number of rotatable bonds is 2. The van der Waals surface area contributed by atoms with Crippen LogP contribution in [0.15, 0.2) is 23.3 Å². The minimum absolute atomic E-state index is 0.178. The zero-order chi connectivity index (χ0) is 14.9. The Morgan fingerprint density at radius 3 is 2.70 bits per heavy atom. The molecular weight excluding hydrogens is 307 g/mol. The third kappa shape index (κ3) is 2.89. The van der Waals surface area contributed by atoms with Gasteiger partial charge in [0.2, 0.25) is 5.91 Å². The molecule has 1 aromatic heterocycles. The van der Waals surface area contributed by atoms with E-state index in [1.807, 2.05) is 5.32 Å². The van der Waals surface area contributed by atoms with Gasteiger partial charge in [-0.15, -0.1) is 0 Å². The van der Waals surface area contributed by atoms with Crippen molar-refractivity contribution in [2.24, 2.45) is 5.73 Å². The normalized spacial score (nSPS) is 10.5. The van der Waals surface area contributed by atoms with E-state index in [-0.39, 0.29) is 20.9 Å². The third-order valence-electron chi connectivity index (χ3n) is 2.42. The van der Waals surface area contributed by atoms with Crippen molar-refractivity contribution in [1.29, 1.82) is 0 Å². The predicted octanol–water partition coefficient (Wildman–Crippen LogP) is 0.898. The molecule has 2 aromatic rings. The lowest BCUT2D eigenvalue weighted by atomic mass is 10.2. The third-order valence-corrected chi connectivity index (χ3v) is 2.93. The van der Waals surface area contributed by atoms with Crippen LogP contribution in [0.4, 0.5) is 4.79 Å². The Morgan fingerprint density at radius 1 is 1.35 bits per heavy atom. The summed E-state index contributed by atoms with van der Waals surface area (Å²) in [5, 5.41) is 2.54. The van der Waals surface area contributed by atoms with Gasteiger partial charge in [-0.2, -0.15) is 0 Å².